The van der Waals surface area contributed by atoms with Crippen molar-refractivity contribution in [2.45, 2.75) is 39.7 Å². The first-order chi connectivity index (χ1) is 18.3. The van der Waals surface area contributed by atoms with E-state index in [1.54, 1.807) is 56.5 Å². The number of hydrogen-bond donors (Lipinski definition) is 1. The van der Waals surface area contributed by atoms with Crippen molar-refractivity contribution in [1.29, 1.82) is 0 Å². The van der Waals surface area contributed by atoms with Crippen molar-refractivity contribution in [2.24, 2.45) is 5.73 Å². The Labute approximate surface area is 222 Å². The van der Waals surface area contributed by atoms with Gasteiger partial charge in [-0.25, -0.2) is 22.9 Å². The second-order valence-electron chi connectivity index (χ2n) is 9.83. The fourth-order valence-electron chi connectivity index (χ4n) is 4.01. The molecular weight excluding hydrogens is 513 g/mol. The Morgan fingerprint density at radius 2 is 1.85 bits per heavy atom. The highest BCUT2D eigenvalue weighted by Crippen LogP contribution is 2.34. The van der Waals surface area contributed by atoms with Crippen LogP contribution in [0.25, 0.3) is 16.9 Å². The Kier molecular flexibility index (Phi) is 7.53. The van der Waals surface area contributed by atoms with Gasteiger partial charge in [-0.1, -0.05) is 12.1 Å². The summed E-state index contributed by atoms with van der Waals surface area (Å²) in [5, 5.41) is 0. The number of ether oxygens (including phenoxy) is 2. The van der Waals surface area contributed by atoms with E-state index < -0.39 is 36.4 Å². The number of halogens is 3. The van der Waals surface area contributed by atoms with E-state index in [0.717, 1.165) is 11.0 Å². The third-order valence-electron chi connectivity index (χ3n) is 5.61. The van der Waals surface area contributed by atoms with E-state index in [1.165, 1.54) is 30.5 Å². The molecule has 0 spiro atoms. The minimum atomic E-state index is -2.89. The van der Waals surface area contributed by atoms with Crippen LogP contribution in [0.5, 0.6) is 11.5 Å². The van der Waals surface area contributed by atoms with Gasteiger partial charge in [0.05, 0.1) is 30.3 Å². The van der Waals surface area contributed by atoms with Crippen molar-refractivity contribution in [1.82, 2.24) is 9.38 Å². The summed E-state index contributed by atoms with van der Waals surface area (Å²) in [4.78, 5) is 30.0. The molecule has 0 saturated heterocycles. The molecule has 2 amide bonds. The van der Waals surface area contributed by atoms with Crippen LogP contribution in [0.1, 0.15) is 36.7 Å². The van der Waals surface area contributed by atoms with Crippen molar-refractivity contribution in [3.63, 3.8) is 0 Å². The van der Waals surface area contributed by atoms with Crippen LogP contribution in [0.2, 0.25) is 0 Å². The number of amides is 2. The zero-order chi connectivity index (χ0) is 28.5. The topological polar surface area (TPSA) is 99.2 Å². The summed E-state index contributed by atoms with van der Waals surface area (Å²) >= 11 is 0. The molecule has 2 aromatic carbocycles. The van der Waals surface area contributed by atoms with Gasteiger partial charge in [0, 0.05) is 23.3 Å². The average Bonchev–Trinajstić information content (AvgIpc) is 3.24. The Bertz CT molecular complexity index is 1550. The number of pyridine rings is 1. The van der Waals surface area contributed by atoms with E-state index >= 15 is 0 Å². The van der Waals surface area contributed by atoms with E-state index in [4.69, 9.17) is 15.2 Å². The second kappa shape index (κ2) is 10.7. The van der Waals surface area contributed by atoms with Crippen molar-refractivity contribution < 1.29 is 32.2 Å². The maximum absolute atomic E-state index is 13.8. The van der Waals surface area contributed by atoms with Crippen LogP contribution in [0.4, 0.5) is 23.7 Å². The molecule has 2 N–H and O–H groups in total. The van der Waals surface area contributed by atoms with Crippen LogP contribution >= 0.6 is 0 Å². The third kappa shape index (κ3) is 6.31. The number of carbonyl (C=O) groups excluding carboxylic acids is 2. The number of rotatable bonds is 7. The molecule has 204 valence electrons. The van der Waals surface area contributed by atoms with Gasteiger partial charge in [0.25, 0.3) is 6.43 Å². The van der Waals surface area contributed by atoms with Crippen molar-refractivity contribution in [3.8, 4) is 22.8 Å². The zero-order valence-corrected chi connectivity index (χ0v) is 21.7. The first-order valence-corrected chi connectivity index (χ1v) is 12.0. The van der Waals surface area contributed by atoms with Crippen molar-refractivity contribution in [2.75, 3.05) is 11.4 Å². The second-order valence-corrected chi connectivity index (χ2v) is 9.83. The number of alkyl halides is 2. The highest BCUT2D eigenvalue weighted by molar-refractivity contribution is 5.95. The van der Waals surface area contributed by atoms with E-state index in [0.29, 0.717) is 22.4 Å². The Hall–Kier alpha value is -4.54. The minimum absolute atomic E-state index is 0.00446. The van der Waals surface area contributed by atoms with Crippen LogP contribution in [-0.2, 0) is 4.74 Å². The Morgan fingerprint density at radius 3 is 2.46 bits per heavy atom. The lowest BCUT2D eigenvalue weighted by Crippen LogP contribution is -2.40. The Morgan fingerprint density at radius 1 is 1.10 bits per heavy atom. The number of benzene rings is 2. The summed E-state index contributed by atoms with van der Waals surface area (Å²) in [5.74, 6) is -0.836. The van der Waals surface area contributed by atoms with Gasteiger partial charge >= 0.3 is 6.09 Å². The molecule has 0 unspecified atom stereocenters. The van der Waals surface area contributed by atoms with Crippen LogP contribution < -0.4 is 15.4 Å². The summed E-state index contributed by atoms with van der Waals surface area (Å²) in [6.07, 6.45) is -0.847. The van der Waals surface area contributed by atoms with E-state index in [-0.39, 0.29) is 22.8 Å². The highest BCUT2D eigenvalue weighted by Gasteiger charge is 2.29. The van der Waals surface area contributed by atoms with E-state index in [9.17, 15) is 22.8 Å². The lowest BCUT2D eigenvalue weighted by atomic mass is 10.0. The first kappa shape index (κ1) is 27.5. The number of imidazole rings is 1. The van der Waals surface area contributed by atoms with E-state index in [2.05, 4.69) is 4.98 Å². The quantitative estimate of drug-likeness (QED) is 0.295. The summed E-state index contributed by atoms with van der Waals surface area (Å²) in [6.45, 7) is 5.62. The number of nitrogens with zero attached hydrogens (tertiary/aromatic N) is 3. The molecular formula is C28H27F3N4O4. The fourth-order valence-corrected chi connectivity index (χ4v) is 4.01. The molecule has 8 nitrogen and oxygen atoms in total. The number of aromatic nitrogens is 2. The molecule has 39 heavy (non-hydrogen) atoms. The molecule has 2 aromatic heterocycles. The minimum Gasteiger partial charge on any atom is -0.456 e. The summed E-state index contributed by atoms with van der Waals surface area (Å²) in [5.41, 5.74) is 6.75. The number of nitrogens with two attached hydrogens (primary N) is 1. The smallest absolute Gasteiger partial charge is 0.415 e. The van der Waals surface area contributed by atoms with Gasteiger partial charge in [-0.3, -0.25) is 14.1 Å². The molecule has 0 aliphatic heterocycles. The van der Waals surface area contributed by atoms with Crippen molar-refractivity contribution in [3.05, 3.63) is 77.9 Å². The summed E-state index contributed by atoms with van der Waals surface area (Å²) in [6, 6.07) is 11.7. The summed E-state index contributed by atoms with van der Waals surface area (Å²) in [7, 11) is 0. The van der Waals surface area contributed by atoms with Gasteiger partial charge in [-0.05, 0) is 57.5 Å². The molecule has 4 aromatic rings. The molecule has 0 bridgehead atoms. The lowest BCUT2D eigenvalue weighted by Gasteiger charge is -2.27. The fraction of sp³-hybridized carbons (Fsp3) is 0.250. The number of hydrogen-bond acceptors (Lipinski definition) is 5. The molecule has 0 fully saturated rings. The van der Waals surface area contributed by atoms with Gasteiger partial charge in [0.2, 0.25) is 5.91 Å². The molecule has 4 rings (SSSR count). The van der Waals surface area contributed by atoms with Gasteiger partial charge in [0.1, 0.15) is 22.9 Å². The molecule has 11 heteroatoms. The standard InChI is InChI=1S/C28H27F3N4O4/c1-16-10-17(8-9-21(16)25(32)36)23-13-33-26-22(35(15-24(30)31)27(37)39-28(2,3)4)12-20(14-34(23)26)38-19-7-5-6-18(29)11-19/h5-14,24H,15H2,1-4H3,(H2,32,36). The van der Waals surface area contributed by atoms with Crippen molar-refractivity contribution >= 4 is 23.3 Å². The first-order valence-electron chi connectivity index (χ1n) is 12.0. The number of aryl methyl sites for hydroxylation is 1. The third-order valence-corrected chi connectivity index (χ3v) is 5.61. The largest absolute Gasteiger partial charge is 0.456 e. The Balaban J connectivity index is 1.92. The molecule has 0 aliphatic rings. The number of primary amides is 1. The van der Waals surface area contributed by atoms with Gasteiger partial charge in [-0.2, -0.15) is 0 Å². The molecule has 0 aliphatic carbocycles. The average molecular weight is 541 g/mol. The maximum atomic E-state index is 13.8. The normalized spacial score (nSPS) is 11.6. The SMILES string of the molecule is Cc1cc(-c2cnc3c(N(CC(F)F)C(=O)OC(C)(C)C)cc(Oc4cccc(F)c4)cn23)ccc1C(N)=O. The number of carbonyl (C=O) groups is 2. The molecule has 2 heterocycles. The van der Waals surface area contributed by atoms with Gasteiger partial charge in [-0.15, -0.1) is 0 Å². The predicted octanol–water partition coefficient (Wildman–Crippen LogP) is 6.35. The lowest BCUT2D eigenvalue weighted by molar-refractivity contribution is 0.0543. The maximum Gasteiger partial charge on any atom is 0.415 e. The monoisotopic (exact) mass is 540 g/mol. The van der Waals surface area contributed by atoms with Gasteiger partial charge in [0.15, 0.2) is 5.65 Å². The predicted molar refractivity (Wildman–Crippen MR) is 140 cm³/mol. The highest BCUT2D eigenvalue weighted by atomic mass is 19.3. The van der Waals surface area contributed by atoms with Crippen LogP contribution in [-0.4, -0.2) is 40.0 Å². The number of fused-ring (bicyclic) bond motifs is 1. The molecule has 0 radical (unpaired) electrons. The molecule has 0 atom stereocenters. The van der Waals surface area contributed by atoms with Gasteiger partial charge < -0.3 is 15.2 Å². The summed E-state index contributed by atoms with van der Waals surface area (Å²) < 4.78 is 54.0. The molecule has 0 saturated carbocycles. The van der Waals surface area contributed by atoms with Crippen LogP contribution in [0, 0.1) is 12.7 Å². The van der Waals surface area contributed by atoms with Crippen LogP contribution in [0.3, 0.4) is 0 Å². The number of anilines is 1. The van der Waals surface area contributed by atoms with E-state index in [1.807, 2.05) is 0 Å². The van der Waals surface area contributed by atoms with Crippen LogP contribution in [0.15, 0.2) is 60.9 Å². The zero-order valence-electron chi connectivity index (χ0n) is 21.7.